The fraction of sp³-hybridized carbons (Fsp3) is 0.600. The van der Waals surface area contributed by atoms with Crippen LogP contribution in [0.2, 0.25) is 5.02 Å². The van der Waals surface area contributed by atoms with Crippen LogP contribution in [-0.2, 0) is 9.59 Å². The fourth-order valence-corrected chi connectivity index (χ4v) is 5.57. The van der Waals surface area contributed by atoms with Gasteiger partial charge in [0, 0.05) is 35.1 Å². The van der Waals surface area contributed by atoms with Crippen LogP contribution in [-0.4, -0.2) is 54.7 Å². The summed E-state index contributed by atoms with van der Waals surface area (Å²) < 4.78 is 0. The number of nitrogens with one attached hydrogen (secondary N) is 2. The van der Waals surface area contributed by atoms with Gasteiger partial charge in [0.05, 0.1) is 26.2 Å². The summed E-state index contributed by atoms with van der Waals surface area (Å²) in [6.45, 7) is 7.76. The molecular weight excluding hydrogens is 382 g/mol. The van der Waals surface area contributed by atoms with Crippen LogP contribution < -0.4 is 10.2 Å². The van der Waals surface area contributed by atoms with Crippen molar-refractivity contribution < 1.29 is 14.5 Å². The van der Waals surface area contributed by atoms with Crippen molar-refractivity contribution in [3.8, 4) is 0 Å². The molecule has 2 aliphatic heterocycles. The fourth-order valence-electron chi connectivity index (χ4n) is 3.80. The zero-order valence-corrected chi connectivity index (χ0v) is 17.6. The second kappa shape index (κ2) is 9.30. The number of amides is 2. The van der Waals surface area contributed by atoms with E-state index in [1.54, 1.807) is 21.6 Å². The summed E-state index contributed by atoms with van der Waals surface area (Å²) in [6.07, 6.45) is 2.55. The number of hydrogen-bond donors (Lipinski definition) is 2. The minimum Gasteiger partial charge on any atom is -0.349 e. The molecule has 0 unspecified atom stereocenters. The van der Waals surface area contributed by atoms with Crippen molar-refractivity contribution in [1.82, 2.24) is 10.2 Å². The molecule has 0 bridgehead atoms. The molecule has 0 saturated carbocycles. The second-order valence-electron chi connectivity index (χ2n) is 7.62. The van der Waals surface area contributed by atoms with Crippen molar-refractivity contribution in [2.75, 3.05) is 31.9 Å². The van der Waals surface area contributed by atoms with Crippen LogP contribution in [0.3, 0.4) is 0 Å². The first-order valence-corrected chi connectivity index (χ1v) is 11.2. The third kappa shape index (κ3) is 4.79. The van der Waals surface area contributed by atoms with Gasteiger partial charge in [-0.25, -0.2) is 0 Å². The number of likely N-dealkylation sites (tertiary alicyclic amines) is 1. The van der Waals surface area contributed by atoms with Gasteiger partial charge in [-0.3, -0.25) is 9.59 Å². The Bertz CT molecular complexity index is 679. The Morgan fingerprint density at radius 1 is 1.30 bits per heavy atom. The highest BCUT2D eigenvalue weighted by Gasteiger charge is 2.43. The normalized spacial score (nSPS) is 23.2. The van der Waals surface area contributed by atoms with Gasteiger partial charge < -0.3 is 15.1 Å². The van der Waals surface area contributed by atoms with Crippen molar-refractivity contribution in [1.29, 1.82) is 0 Å². The Labute approximate surface area is 170 Å². The van der Waals surface area contributed by atoms with Gasteiger partial charge in [-0.15, -0.1) is 11.8 Å². The predicted molar refractivity (Wildman–Crippen MR) is 110 cm³/mol. The molecule has 1 aromatic rings. The van der Waals surface area contributed by atoms with Crippen molar-refractivity contribution in [2.45, 2.75) is 38.1 Å². The largest absolute Gasteiger partial charge is 0.349 e. The lowest BCUT2D eigenvalue weighted by molar-refractivity contribution is -0.886. The smallest absolute Gasteiger partial charge is 0.243 e. The molecule has 1 aromatic carbocycles. The molecule has 2 saturated heterocycles. The van der Waals surface area contributed by atoms with E-state index in [2.05, 4.69) is 5.32 Å². The number of carbonyl (C=O) groups excluding carboxylic acids is 2. The molecule has 0 aliphatic carbocycles. The molecule has 2 aliphatic rings. The second-order valence-corrected chi connectivity index (χ2v) is 9.14. The molecule has 7 heteroatoms. The molecule has 27 heavy (non-hydrogen) atoms. The van der Waals surface area contributed by atoms with Crippen LogP contribution in [0, 0.1) is 5.92 Å². The maximum Gasteiger partial charge on any atom is 0.243 e. The van der Waals surface area contributed by atoms with E-state index in [-0.39, 0.29) is 23.1 Å². The zero-order valence-electron chi connectivity index (χ0n) is 16.0. The first-order chi connectivity index (χ1) is 13.0. The number of hydrogen-bond acceptors (Lipinski definition) is 3. The summed E-state index contributed by atoms with van der Waals surface area (Å²) in [5.74, 6) is 0.370. The van der Waals surface area contributed by atoms with Gasteiger partial charge in [-0.2, -0.15) is 0 Å². The van der Waals surface area contributed by atoms with Gasteiger partial charge in [0.1, 0.15) is 11.4 Å². The van der Waals surface area contributed by atoms with Crippen LogP contribution in [0.1, 0.15) is 37.6 Å². The summed E-state index contributed by atoms with van der Waals surface area (Å²) in [4.78, 5) is 29.1. The lowest BCUT2D eigenvalue weighted by Crippen LogP contribution is -3.10. The van der Waals surface area contributed by atoms with Crippen molar-refractivity contribution in [3.63, 3.8) is 0 Å². The molecule has 0 aromatic heterocycles. The predicted octanol–water partition coefficient (Wildman–Crippen LogP) is 1.73. The number of nitrogens with zero attached hydrogens (tertiary/aromatic N) is 1. The van der Waals surface area contributed by atoms with E-state index >= 15 is 0 Å². The van der Waals surface area contributed by atoms with Crippen molar-refractivity contribution in [3.05, 3.63) is 34.9 Å². The Balaban J connectivity index is 1.70. The van der Waals surface area contributed by atoms with Gasteiger partial charge in [0.2, 0.25) is 11.8 Å². The third-order valence-electron chi connectivity index (χ3n) is 5.31. The van der Waals surface area contributed by atoms with Crippen LogP contribution >= 0.6 is 23.4 Å². The maximum atomic E-state index is 12.9. The van der Waals surface area contributed by atoms with E-state index in [1.165, 1.54) is 25.9 Å². The molecular formula is C20H29ClN3O2S+. The lowest BCUT2D eigenvalue weighted by Gasteiger charge is -2.31. The van der Waals surface area contributed by atoms with Gasteiger partial charge in [0.15, 0.2) is 0 Å². The van der Waals surface area contributed by atoms with E-state index in [9.17, 15) is 9.59 Å². The lowest BCUT2D eigenvalue weighted by atomic mass is 10.1. The Kier molecular flexibility index (Phi) is 7.06. The molecule has 5 nitrogen and oxygen atoms in total. The third-order valence-corrected chi connectivity index (χ3v) is 6.96. The summed E-state index contributed by atoms with van der Waals surface area (Å²) in [7, 11) is 0. The monoisotopic (exact) mass is 410 g/mol. The van der Waals surface area contributed by atoms with E-state index in [0.29, 0.717) is 17.3 Å². The molecule has 3 rings (SSSR count). The number of halogens is 1. The highest BCUT2D eigenvalue weighted by atomic mass is 35.5. The quantitative estimate of drug-likeness (QED) is 0.751. The highest BCUT2D eigenvalue weighted by molar-refractivity contribution is 7.99. The number of thioether (sulfide) groups is 1. The minimum atomic E-state index is -0.445. The molecule has 2 atom stereocenters. The Morgan fingerprint density at radius 2 is 2.00 bits per heavy atom. The average Bonchev–Trinajstić information content (AvgIpc) is 3.31. The number of benzene rings is 1. The number of quaternary nitrogens is 1. The number of rotatable bonds is 6. The van der Waals surface area contributed by atoms with E-state index in [4.69, 9.17) is 11.6 Å². The highest BCUT2D eigenvalue weighted by Crippen LogP contribution is 2.44. The van der Waals surface area contributed by atoms with Crippen LogP contribution in [0.5, 0.6) is 0 Å². The first kappa shape index (κ1) is 20.5. The first-order valence-electron chi connectivity index (χ1n) is 9.78. The van der Waals surface area contributed by atoms with Crippen LogP contribution in [0.25, 0.3) is 0 Å². The standard InChI is InChI=1S/C20H28ClN3O2S/c1-14(2)19(26)24-17(18(25)22-9-12-23-10-5-6-11-23)13-27-20(24)15-7-3-4-8-16(15)21/h3-4,7-8,14,17,20H,5-6,9-13H2,1-2H3,(H,22,25)/p+1/t17-,20+/m1/s1. The Hall–Kier alpha value is -1.24. The van der Waals surface area contributed by atoms with Gasteiger partial charge in [0.25, 0.3) is 0 Å². The van der Waals surface area contributed by atoms with E-state index < -0.39 is 6.04 Å². The summed E-state index contributed by atoms with van der Waals surface area (Å²) >= 11 is 8.00. The average molecular weight is 411 g/mol. The van der Waals surface area contributed by atoms with Crippen LogP contribution in [0.4, 0.5) is 0 Å². The SMILES string of the molecule is CC(C)C(=O)N1[C@@H](C(=O)NCC[NH+]2CCCC2)CS[C@H]1c1ccccc1Cl. The zero-order chi connectivity index (χ0) is 19.4. The summed E-state index contributed by atoms with van der Waals surface area (Å²) in [5, 5.41) is 3.48. The maximum absolute atomic E-state index is 12.9. The van der Waals surface area contributed by atoms with Gasteiger partial charge in [-0.1, -0.05) is 43.6 Å². The van der Waals surface area contributed by atoms with Crippen molar-refractivity contribution in [2.24, 2.45) is 5.92 Å². The molecule has 2 heterocycles. The molecule has 2 fully saturated rings. The van der Waals surface area contributed by atoms with Gasteiger partial charge in [-0.05, 0) is 6.07 Å². The summed E-state index contributed by atoms with van der Waals surface area (Å²) in [5.41, 5.74) is 0.898. The topological polar surface area (TPSA) is 53.9 Å². The summed E-state index contributed by atoms with van der Waals surface area (Å²) in [6, 6.07) is 7.13. The molecule has 148 valence electrons. The molecule has 2 amide bonds. The van der Waals surface area contributed by atoms with E-state index in [1.807, 2.05) is 38.1 Å². The minimum absolute atomic E-state index is 0.00441. The molecule has 0 radical (unpaired) electrons. The van der Waals surface area contributed by atoms with Crippen molar-refractivity contribution >= 4 is 35.2 Å². The van der Waals surface area contributed by atoms with Gasteiger partial charge >= 0.3 is 0 Å². The Morgan fingerprint density at radius 3 is 2.67 bits per heavy atom. The van der Waals surface area contributed by atoms with E-state index in [0.717, 1.165) is 12.1 Å². The van der Waals surface area contributed by atoms with Crippen LogP contribution in [0.15, 0.2) is 24.3 Å². The molecule has 0 spiro atoms. The number of carbonyl (C=O) groups is 2. The molecule has 2 N–H and O–H groups in total.